The SMILES string of the molecule is Cc1cc(C)c(C(=O)N2CC[C@]3(CCCN(CC4CC4)C3=O)C2)c(=O)[nH]1. The Hall–Kier alpha value is -2.11. The summed E-state index contributed by atoms with van der Waals surface area (Å²) < 4.78 is 0. The van der Waals surface area contributed by atoms with Gasteiger partial charge in [0.25, 0.3) is 11.5 Å². The van der Waals surface area contributed by atoms with Crippen molar-refractivity contribution in [2.45, 2.75) is 46.0 Å². The van der Waals surface area contributed by atoms with Crippen molar-refractivity contribution in [1.82, 2.24) is 14.8 Å². The lowest BCUT2D eigenvalue weighted by Crippen LogP contribution is -2.51. The standard InChI is InChI=1S/C20H27N3O3/c1-13-10-14(2)21-17(24)16(13)18(25)23-9-7-20(12-23)6-3-8-22(19(20)26)11-15-4-5-15/h10,15H,3-9,11-12H2,1-2H3,(H,21,24)/t20-/m1/s1. The number of nitrogens with zero attached hydrogens (tertiary/aromatic N) is 2. The Labute approximate surface area is 153 Å². The summed E-state index contributed by atoms with van der Waals surface area (Å²) in [6.45, 7) is 6.33. The molecule has 1 spiro atoms. The maximum absolute atomic E-state index is 13.1. The zero-order valence-corrected chi connectivity index (χ0v) is 15.6. The molecule has 1 aliphatic carbocycles. The van der Waals surface area contributed by atoms with Gasteiger partial charge in [0.15, 0.2) is 0 Å². The van der Waals surface area contributed by atoms with E-state index in [0.29, 0.717) is 31.0 Å². The van der Waals surface area contributed by atoms with Gasteiger partial charge in [-0.3, -0.25) is 14.4 Å². The minimum atomic E-state index is -0.436. The van der Waals surface area contributed by atoms with Crippen LogP contribution in [0.2, 0.25) is 0 Å². The van der Waals surface area contributed by atoms with E-state index in [-0.39, 0.29) is 22.9 Å². The first-order chi connectivity index (χ1) is 12.4. The van der Waals surface area contributed by atoms with Crippen molar-refractivity contribution in [3.05, 3.63) is 33.2 Å². The molecule has 0 aromatic carbocycles. The number of rotatable bonds is 3. The Balaban J connectivity index is 1.53. The van der Waals surface area contributed by atoms with Crippen LogP contribution in [0.1, 0.15) is 53.7 Å². The highest BCUT2D eigenvalue weighted by molar-refractivity contribution is 5.96. The molecule has 1 atom stereocenters. The number of pyridine rings is 1. The topological polar surface area (TPSA) is 73.5 Å². The Morgan fingerprint density at radius 1 is 1.23 bits per heavy atom. The predicted molar refractivity (Wildman–Crippen MR) is 98.0 cm³/mol. The number of piperidine rings is 1. The number of aromatic amines is 1. The van der Waals surface area contributed by atoms with Crippen LogP contribution in [0.4, 0.5) is 0 Å². The number of carbonyl (C=O) groups is 2. The van der Waals surface area contributed by atoms with Crippen LogP contribution in [-0.2, 0) is 4.79 Å². The molecule has 26 heavy (non-hydrogen) atoms. The van der Waals surface area contributed by atoms with Crippen LogP contribution in [0, 0.1) is 25.2 Å². The number of aromatic nitrogens is 1. The van der Waals surface area contributed by atoms with Crippen LogP contribution in [0.15, 0.2) is 10.9 Å². The zero-order chi connectivity index (χ0) is 18.5. The molecule has 140 valence electrons. The van der Waals surface area contributed by atoms with Crippen LogP contribution < -0.4 is 5.56 Å². The van der Waals surface area contributed by atoms with Gasteiger partial charge < -0.3 is 14.8 Å². The van der Waals surface area contributed by atoms with Crippen molar-refractivity contribution in [3.63, 3.8) is 0 Å². The minimum absolute atomic E-state index is 0.214. The quantitative estimate of drug-likeness (QED) is 0.897. The van der Waals surface area contributed by atoms with Crippen LogP contribution in [0.25, 0.3) is 0 Å². The summed E-state index contributed by atoms with van der Waals surface area (Å²) in [5, 5.41) is 0. The van der Waals surface area contributed by atoms with Gasteiger partial charge in [-0.1, -0.05) is 0 Å². The van der Waals surface area contributed by atoms with Crippen molar-refractivity contribution < 1.29 is 9.59 Å². The highest BCUT2D eigenvalue weighted by Crippen LogP contribution is 2.42. The van der Waals surface area contributed by atoms with Gasteiger partial charge in [0.2, 0.25) is 5.91 Å². The van der Waals surface area contributed by atoms with E-state index < -0.39 is 5.41 Å². The number of hydrogen-bond acceptors (Lipinski definition) is 3. The summed E-state index contributed by atoms with van der Waals surface area (Å²) in [6, 6.07) is 1.82. The van der Waals surface area contributed by atoms with Crippen LogP contribution in [0.3, 0.4) is 0 Å². The lowest BCUT2D eigenvalue weighted by Gasteiger charge is -2.39. The highest BCUT2D eigenvalue weighted by atomic mass is 16.2. The first kappa shape index (κ1) is 17.3. The molecule has 6 nitrogen and oxygen atoms in total. The molecule has 2 aliphatic heterocycles. The second kappa shape index (κ2) is 6.25. The summed E-state index contributed by atoms with van der Waals surface area (Å²) in [5.41, 5.74) is 0.890. The van der Waals surface area contributed by atoms with Gasteiger partial charge in [-0.15, -0.1) is 0 Å². The number of amides is 2. The number of likely N-dealkylation sites (tertiary alicyclic amines) is 2. The molecule has 1 N–H and O–H groups in total. The molecule has 4 rings (SSSR count). The van der Waals surface area contributed by atoms with Crippen molar-refractivity contribution in [2.75, 3.05) is 26.2 Å². The lowest BCUT2D eigenvalue weighted by atomic mass is 9.78. The van der Waals surface area contributed by atoms with Gasteiger partial charge in [0.05, 0.1) is 5.41 Å². The van der Waals surface area contributed by atoms with Crippen LogP contribution in [0.5, 0.6) is 0 Å². The van der Waals surface area contributed by atoms with Crippen LogP contribution in [-0.4, -0.2) is 52.8 Å². The number of nitrogens with one attached hydrogen (secondary N) is 1. The average Bonchev–Trinajstić information content (AvgIpc) is 3.29. The smallest absolute Gasteiger partial charge is 0.261 e. The molecule has 0 unspecified atom stereocenters. The highest BCUT2D eigenvalue weighted by Gasteiger charge is 2.50. The second-order valence-corrected chi connectivity index (χ2v) is 8.39. The fourth-order valence-electron chi connectivity index (χ4n) is 4.64. The van der Waals surface area contributed by atoms with E-state index in [4.69, 9.17) is 0 Å². The largest absolute Gasteiger partial charge is 0.342 e. The third-order valence-corrected chi connectivity index (χ3v) is 6.22. The zero-order valence-electron chi connectivity index (χ0n) is 15.6. The molecular formula is C20H27N3O3. The fourth-order valence-corrected chi connectivity index (χ4v) is 4.64. The normalized spacial score (nSPS) is 26.0. The Morgan fingerprint density at radius 3 is 2.69 bits per heavy atom. The molecule has 1 aromatic rings. The number of H-pyrrole nitrogens is 1. The monoisotopic (exact) mass is 357 g/mol. The molecule has 3 heterocycles. The van der Waals surface area contributed by atoms with Crippen LogP contribution >= 0.6 is 0 Å². The predicted octanol–water partition coefficient (Wildman–Crippen LogP) is 1.86. The maximum atomic E-state index is 13.1. The molecule has 3 aliphatic rings. The van der Waals surface area contributed by atoms with E-state index in [9.17, 15) is 14.4 Å². The molecule has 0 radical (unpaired) electrons. The van der Waals surface area contributed by atoms with Gasteiger partial charge in [0, 0.05) is 31.9 Å². The number of aryl methyl sites for hydroxylation is 2. The molecule has 2 saturated heterocycles. The summed E-state index contributed by atoms with van der Waals surface area (Å²) in [7, 11) is 0. The number of carbonyl (C=O) groups excluding carboxylic acids is 2. The molecule has 0 bridgehead atoms. The van der Waals surface area contributed by atoms with E-state index in [0.717, 1.165) is 31.6 Å². The first-order valence-electron chi connectivity index (χ1n) is 9.69. The average molecular weight is 357 g/mol. The first-order valence-corrected chi connectivity index (χ1v) is 9.69. The third kappa shape index (κ3) is 2.95. The summed E-state index contributed by atoms with van der Waals surface area (Å²) in [4.78, 5) is 44.9. The lowest BCUT2D eigenvalue weighted by molar-refractivity contribution is -0.145. The van der Waals surface area contributed by atoms with Crippen molar-refractivity contribution >= 4 is 11.8 Å². The Kier molecular flexibility index (Phi) is 4.16. The Morgan fingerprint density at radius 2 is 2.00 bits per heavy atom. The minimum Gasteiger partial charge on any atom is -0.342 e. The van der Waals surface area contributed by atoms with E-state index >= 15 is 0 Å². The van der Waals surface area contributed by atoms with Gasteiger partial charge >= 0.3 is 0 Å². The fraction of sp³-hybridized carbons (Fsp3) is 0.650. The van der Waals surface area contributed by atoms with Crippen molar-refractivity contribution in [3.8, 4) is 0 Å². The molecule has 1 saturated carbocycles. The second-order valence-electron chi connectivity index (χ2n) is 8.39. The van der Waals surface area contributed by atoms with E-state index in [1.165, 1.54) is 12.8 Å². The van der Waals surface area contributed by atoms with Gasteiger partial charge in [-0.2, -0.15) is 0 Å². The molecule has 2 amide bonds. The summed E-state index contributed by atoms with van der Waals surface area (Å²) in [6.07, 6.45) is 5.03. The van der Waals surface area contributed by atoms with Crippen molar-refractivity contribution in [1.29, 1.82) is 0 Å². The van der Waals surface area contributed by atoms with E-state index in [2.05, 4.69) is 4.98 Å². The third-order valence-electron chi connectivity index (χ3n) is 6.22. The van der Waals surface area contributed by atoms with Gasteiger partial charge in [-0.05, 0) is 63.5 Å². The summed E-state index contributed by atoms with van der Waals surface area (Å²) >= 11 is 0. The Bertz CT molecular complexity index is 811. The van der Waals surface area contributed by atoms with E-state index in [1.807, 2.05) is 17.9 Å². The number of hydrogen-bond donors (Lipinski definition) is 1. The maximum Gasteiger partial charge on any atom is 0.261 e. The molecule has 6 heteroatoms. The molecular weight excluding hydrogens is 330 g/mol. The van der Waals surface area contributed by atoms with E-state index in [1.54, 1.807) is 11.8 Å². The van der Waals surface area contributed by atoms with Crippen molar-refractivity contribution in [2.24, 2.45) is 11.3 Å². The summed E-state index contributed by atoms with van der Waals surface area (Å²) in [5.74, 6) is 0.662. The molecule has 1 aromatic heterocycles. The van der Waals surface area contributed by atoms with Gasteiger partial charge in [-0.25, -0.2) is 0 Å². The van der Waals surface area contributed by atoms with Gasteiger partial charge in [0.1, 0.15) is 5.56 Å². The molecule has 3 fully saturated rings.